The van der Waals surface area contributed by atoms with Gasteiger partial charge in [-0.1, -0.05) is 23.2 Å². The number of rotatable bonds is 5. The van der Waals surface area contributed by atoms with Crippen molar-refractivity contribution in [2.75, 3.05) is 6.61 Å². The summed E-state index contributed by atoms with van der Waals surface area (Å²) in [5.41, 5.74) is 4.93. The number of carbonyl (C=O) groups is 1. The van der Waals surface area contributed by atoms with Crippen LogP contribution in [0, 0.1) is 0 Å². The van der Waals surface area contributed by atoms with Crippen LogP contribution in [0.1, 0.15) is 6.42 Å². The van der Waals surface area contributed by atoms with Crippen molar-refractivity contribution in [1.29, 1.82) is 0 Å². The molecule has 1 amide bonds. The van der Waals surface area contributed by atoms with Crippen LogP contribution in [-0.2, 0) is 13.8 Å². The van der Waals surface area contributed by atoms with Crippen LogP contribution in [0.5, 0.6) is 5.75 Å². The topological polar surface area (TPSA) is 86.5 Å². The molecule has 0 spiro atoms. The van der Waals surface area contributed by atoms with Gasteiger partial charge in [0.2, 0.25) is 5.91 Å². The van der Waals surface area contributed by atoms with Crippen molar-refractivity contribution >= 4 is 48.8 Å². The summed E-state index contributed by atoms with van der Waals surface area (Å²) in [6, 6.07) is 2.28. The van der Waals surface area contributed by atoms with Gasteiger partial charge in [-0.05, 0) is 6.07 Å². The molecule has 0 bridgehead atoms. The van der Waals surface area contributed by atoms with E-state index in [0.717, 1.165) is 6.07 Å². The van der Waals surface area contributed by atoms with Gasteiger partial charge in [0.05, 0.1) is 23.1 Å². The molecule has 0 aliphatic rings. The number of hydrogen-bond acceptors (Lipinski definition) is 4. The Morgan fingerprint density at radius 2 is 1.89 bits per heavy atom. The van der Waals surface area contributed by atoms with Gasteiger partial charge in [-0.25, -0.2) is 8.42 Å². The standard InChI is InChI=1S/C9H8Cl3NO4S/c10-5-4-8(18(12,15)16)6(11)3-7(5)17-2-1-9(13)14/h3-4H,1-2H2,(H2,13,14). The molecule has 5 nitrogen and oxygen atoms in total. The van der Waals surface area contributed by atoms with Crippen LogP contribution in [0.2, 0.25) is 10.0 Å². The normalized spacial score (nSPS) is 11.3. The van der Waals surface area contributed by atoms with E-state index in [1.807, 2.05) is 0 Å². The summed E-state index contributed by atoms with van der Waals surface area (Å²) in [4.78, 5) is 10.2. The maximum absolute atomic E-state index is 11.1. The minimum Gasteiger partial charge on any atom is -0.491 e. The van der Waals surface area contributed by atoms with Crippen LogP contribution in [0.15, 0.2) is 17.0 Å². The highest BCUT2D eigenvalue weighted by molar-refractivity contribution is 8.13. The zero-order valence-corrected chi connectivity index (χ0v) is 11.9. The molecule has 0 saturated carbocycles. The minimum atomic E-state index is -3.98. The zero-order valence-electron chi connectivity index (χ0n) is 8.82. The Kier molecular flexibility index (Phi) is 5.10. The van der Waals surface area contributed by atoms with Crippen LogP contribution in [0.4, 0.5) is 0 Å². The molecule has 0 unspecified atom stereocenters. The van der Waals surface area contributed by atoms with E-state index < -0.39 is 15.0 Å². The van der Waals surface area contributed by atoms with E-state index in [9.17, 15) is 13.2 Å². The van der Waals surface area contributed by atoms with E-state index in [-0.39, 0.29) is 33.7 Å². The predicted octanol–water partition coefficient (Wildman–Crippen LogP) is 2.18. The molecule has 0 atom stereocenters. The first-order valence-corrected chi connectivity index (χ1v) is 7.63. The van der Waals surface area contributed by atoms with E-state index in [2.05, 4.69) is 0 Å². The molecule has 0 aliphatic heterocycles. The first-order valence-electron chi connectivity index (χ1n) is 4.56. The monoisotopic (exact) mass is 331 g/mol. The fourth-order valence-corrected chi connectivity index (χ4v) is 2.86. The number of hydrogen-bond donors (Lipinski definition) is 1. The summed E-state index contributed by atoms with van der Waals surface area (Å²) in [6.07, 6.45) is 0.00348. The van der Waals surface area contributed by atoms with Gasteiger partial charge in [0.15, 0.2) is 0 Å². The van der Waals surface area contributed by atoms with Crippen LogP contribution in [0.3, 0.4) is 0 Å². The lowest BCUT2D eigenvalue weighted by Crippen LogP contribution is -2.14. The first-order chi connectivity index (χ1) is 8.21. The molecule has 100 valence electrons. The Balaban J connectivity index is 2.97. The summed E-state index contributed by atoms with van der Waals surface area (Å²) >= 11 is 11.5. The lowest BCUT2D eigenvalue weighted by Gasteiger charge is -2.09. The Morgan fingerprint density at radius 3 is 2.39 bits per heavy atom. The fourth-order valence-electron chi connectivity index (χ4n) is 1.07. The first kappa shape index (κ1) is 15.4. The van der Waals surface area contributed by atoms with Crippen molar-refractivity contribution in [2.24, 2.45) is 5.73 Å². The number of nitrogens with two attached hydrogens (primary N) is 1. The molecule has 2 N–H and O–H groups in total. The highest BCUT2D eigenvalue weighted by Crippen LogP contribution is 2.34. The number of carbonyl (C=O) groups excluding carboxylic acids is 1. The molecule has 0 fully saturated rings. The maximum Gasteiger partial charge on any atom is 0.262 e. The Hall–Kier alpha value is -0.690. The van der Waals surface area contributed by atoms with Crippen LogP contribution < -0.4 is 10.5 Å². The number of ether oxygens (including phenoxy) is 1. The van der Waals surface area contributed by atoms with Crippen molar-refractivity contribution < 1.29 is 17.9 Å². The van der Waals surface area contributed by atoms with Crippen LogP contribution >= 0.6 is 33.9 Å². The molecular weight excluding hydrogens is 325 g/mol. The van der Waals surface area contributed by atoms with Crippen LogP contribution in [-0.4, -0.2) is 20.9 Å². The fraction of sp³-hybridized carbons (Fsp3) is 0.222. The van der Waals surface area contributed by atoms with E-state index >= 15 is 0 Å². The molecule has 9 heteroatoms. The van der Waals surface area contributed by atoms with Gasteiger partial charge in [0.1, 0.15) is 10.6 Å². The molecule has 1 rings (SSSR count). The molecule has 0 saturated heterocycles. The SMILES string of the molecule is NC(=O)CCOc1cc(Cl)c(S(=O)(=O)Cl)cc1Cl. The van der Waals surface area contributed by atoms with Crippen molar-refractivity contribution in [1.82, 2.24) is 0 Å². The summed E-state index contributed by atoms with van der Waals surface area (Å²) in [5.74, 6) is -0.385. The highest BCUT2D eigenvalue weighted by atomic mass is 35.7. The molecular formula is C9H8Cl3NO4S. The van der Waals surface area contributed by atoms with E-state index in [1.54, 1.807) is 0 Å². The van der Waals surface area contributed by atoms with Gasteiger partial charge in [0, 0.05) is 16.7 Å². The van der Waals surface area contributed by atoms with Crippen molar-refractivity contribution in [3.05, 3.63) is 22.2 Å². The van der Waals surface area contributed by atoms with Gasteiger partial charge in [-0.2, -0.15) is 0 Å². The van der Waals surface area contributed by atoms with E-state index in [4.69, 9.17) is 44.4 Å². The lowest BCUT2D eigenvalue weighted by atomic mass is 10.3. The molecule has 18 heavy (non-hydrogen) atoms. The molecule has 0 aliphatic carbocycles. The summed E-state index contributed by atoms with van der Waals surface area (Å²) in [6.45, 7) is 0.0123. The van der Waals surface area contributed by atoms with Crippen molar-refractivity contribution in [2.45, 2.75) is 11.3 Å². The molecule has 1 aromatic carbocycles. The Bertz CT molecular complexity index is 573. The minimum absolute atomic E-state index is 0.00348. The maximum atomic E-state index is 11.1. The second-order valence-corrected chi connectivity index (χ2v) is 6.56. The van der Waals surface area contributed by atoms with E-state index in [1.165, 1.54) is 6.07 Å². The summed E-state index contributed by atoms with van der Waals surface area (Å²) < 4.78 is 27.4. The second-order valence-electron chi connectivity index (χ2n) is 3.22. The molecule has 0 aromatic heterocycles. The molecule has 1 aromatic rings. The van der Waals surface area contributed by atoms with Gasteiger partial charge in [-0.3, -0.25) is 4.79 Å². The largest absolute Gasteiger partial charge is 0.491 e. The number of benzene rings is 1. The van der Waals surface area contributed by atoms with E-state index in [0.29, 0.717) is 0 Å². The average Bonchev–Trinajstić information content (AvgIpc) is 2.20. The van der Waals surface area contributed by atoms with Crippen molar-refractivity contribution in [3.8, 4) is 5.75 Å². The van der Waals surface area contributed by atoms with Crippen molar-refractivity contribution in [3.63, 3.8) is 0 Å². The Labute approximate surface area is 118 Å². The summed E-state index contributed by atoms with van der Waals surface area (Å²) in [7, 11) is 1.18. The third kappa shape index (κ3) is 4.20. The van der Waals surface area contributed by atoms with Gasteiger partial charge in [0.25, 0.3) is 9.05 Å². The third-order valence-electron chi connectivity index (χ3n) is 1.86. The lowest BCUT2D eigenvalue weighted by molar-refractivity contribution is -0.118. The van der Waals surface area contributed by atoms with Crippen LogP contribution in [0.25, 0.3) is 0 Å². The molecule has 0 heterocycles. The number of amides is 1. The summed E-state index contributed by atoms with van der Waals surface area (Å²) in [5, 5.41) is -0.105. The van der Waals surface area contributed by atoms with Gasteiger partial charge >= 0.3 is 0 Å². The second kappa shape index (κ2) is 5.97. The van der Waals surface area contributed by atoms with Gasteiger partial charge < -0.3 is 10.5 Å². The highest BCUT2D eigenvalue weighted by Gasteiger charge is 2.18. The number of primary amides is 1. The third-order valence-corrected chi connectivity index (χ3v) is 3.94. The molecule has 0 radical (unpaired) electrons. The Morgan fingerprint density at radius 1 is 1.28 bits per heavy atom. The smallest absolute Gasteiger partial charge is 0.262 e. The average molecular weight is 333 g/mol. The van der Waals surface area contributed by atoms with Gasteiger partial charge in [-0.15, -0.1) is 0 Å². The quantitative estimate of drug-likeness (QED) is 0.837. The predicted molar refractivity (Wildman–Crippen MR) is 68.8 cm³/mol. The zero-order chi connectivity index (χ0) is 13.9. The number of halogens is 3.